The van der Waals surface area contributed by atoms with Gasteiger partial charge in [0.1, 0.15) is 5.82 Å². The maximum absolute atomic E-state index is 13.4. The number of carbonyl (C=O) groups is 1. The third-order valence-electron chi connectivity index (χ3n) is 4.35. The van der Waals surface area contributed by atoms with Gasteiger partial charge >= 0.3 is 0 Å². The van der Waals surface area contributed by atoms with Crippen LogP contribution in [0.5, 0.6) is 0 Å². The number of aryl methyl sites for hydroxylation is 1. The van der Waals surface area contributed by atoms with Crippen LogP contribution in [0.25, 0.3) is 0 Å². The van der Waals surface area contributed by atoms with Gasteiger partial charge in [-0.3, -0.25) is 4.79 Å². The number of carbonyl (C=O) groups excluding carboxylic acids is 1. The Balaban J connectivity index is 1.71. The van der Waals surface area contributed by atoms with Gasteiger partial charge in [-0.25, -0.2) is 4.39 Å². The first-order valence-electron chi connectivity index (χ1n) is 8.90. The number of hydrogen-bond donors (Lipinski definition) is 1. The summed E-state index contributed by atoms with van der Waals surface area (Å²) >= 11 is 0. The van der Waals surface area contributed by atoms with E-state index >= 15 is 0 Å². The van der Waals surface area contributed by atoms with Crippen molar-refractivity contribution in [3.8, 4) is 0 Å². The zero-order valence-electron chi connectivity index (χ0n) is 15.4. The fourth-order valence-electron chi connectivity index (χ4n) is 2.96. The number of amides is 1. The molecule has 0 saturated heterocycles. The van der Waals surface area contributed by atoms with E-state index in [9.17, 15) is 9.18 Å². The summed E-state index contributed by atoms with van der Waals surface area (Å²) in [5, 5.41) is 6.87. The molecule has 1 aromatic heterocycles. The number of nitrogens with zero attached hydrogens (tertiary/aromatic N) is 2. The standard InChI is InChI=1S/C21H22FN3O2/c1-14(11-16-7-6-10-18(22)12-16)21(26)24-19(17-8-4-3-5-9-17)13-20-23-15(2)25-27-20/h3-10,12,14,19H,11,13H2,1-2H3,(H,24,26)/t14-,19-/m1/s1. The fourth-order valence-corrected chi connectivity index (χ4v) is 2.96. The van der Waals surface area contributed by atoms with E-state index in [0.29, 0.717) is 24.6 Å². The summed E-state index contributed by atoms with van der Waals surface area (Å²) in [5.41, 5.74) is 1.75. The van der Waals surface area contributed by atoms with Gasteiger partial charge in [-0.15, -0.1) is 0 Å². The molecule has 0 radical (unpaired) electrons. The molecule has 140 valence electrons. The lowest BCUT2D eigenvalue weighted by atomic mass is 9.98. The highest BCUT2D eigenvalue weighted by Gasteiger charge is 2.22. The van der Waals surface area contributed by atoms with Crippen molar-refractivity contribution in [2.24, 2.45) is 5.92 Å². The second-order valence-corrected chi connectivity index (χ2v) is 6.65. The van der Waals surface area contributed by atoms with Crippen LogP contribution < -0.4 is 5.32 Å². The minimum atomic E-state index is -0.303. The van der Waals surface area contributed by atoms with Gasteiger partial charge in [-0.05, 0) is 36.6 Å². The van der Waals surface area contributed by atoms with Crippen LogP contribution in [-0.2, 0) is 17.6 Å². The van der Waals surface area contributed by atoms with Crippen LogP contribution in [0, 0.1) is 18.7 Å². The van der Waals surface area contributed by atoms with Gasteiger partial charge in [0.2, 0.25) is 11.8 Å². The molecule has 3 rings (SSSR count). The Morgan fingerprint density at radius 2 is 1.93 bits per heavy atom. The van der Waals surface area contributed by atoms with Crippen LogP contribution in [0.2, 0.25) is 0 Å². The minimum absolute atomic E-state index is 0.107. The van der Waals surface area contributed by atoms with E-state index in [1.165, 1.54) is 12.1 Å². The lowest BCUT2D eigenvalue weighted by molar-refractivity contribution is -0.125. The molecule has 6 heteroatoms. The third-order valence-corrected chi connectivity index (χ3v) is 4.35. The SMILES string of the molecule is Cc1noc(C[C@@H](NC(=O)[C@H](C)Cc2cccc(F)c2)c2ccccc2)n1. The van der Waals surface area contributed by atoms with Gasteiger partial charge in [0.25, 0.3) is 0 Å². The quantitative estimate of drug-likeness (QED) is 0.690. The van der Waals surface area contributed by atoms with E-state index in [1.54, 1.807) is 13.0 Å². The Morgan fingerprint density at radius 1 is 1.15 bits per heavy atom. The van der Waals surface area contributed by atoms with E-state index in [-0.39, 0.29) is 23.7 Å². The summed E-state index contributed by atoms with van der Waals surface area (Å²) in [5.74, 6) is 0.322. The van der Waals surface area contributed by atoms with Crippen LogP contribution in [0.3, 0.4) is 0 Å². The van der Waals surface area contributed by atoms with Gasteiger partial charge < -0.3 is 9.84 Å². The fraction of sp³-hybridized carbons (Fsp3) is 0.286. The number of rotatable bonds is 7. The monoisotopic (exact) mass is 367 g/mol. The van der Waals surface area contributed by atoms with Crippen LogP contribution >= 0.6 is 0 Å². The molecule has 0 saturated carbocycles. The lowest BCUT2D eigenvalue weighted by Crippen LogP contribution is -2.34. The Bertz CT molecular complexity index is 895. The summed E-state index contributed by atoms with van der Waals surface area (Å²) in [7, 11) is 0. The predicted molar refractivity (Wildman–Crippen MR) is 99.3 cm³/mol. The number of nitrogens with one attached hydrogen (secondary N) is 1. The molecule has 1 N–H and O–H groups in total. The topological polar surface area (TPSA) is 68.0 Å². The molecule has 2 aromatic carbocycles. The van der Waals surface area contributed by atoms with E-state index in [2.05, 4.69) is 15.5 Å². The largest absolute Gasteiger partial charge is 0.349 e. The van der Waals surface area contributed by atoms with Crippen molar-refractivity contribution in [1.82, 2.24) is 15.5 Å². The minimum Gasteiger partial charge on any atom is -0.349 e. The van der Waals surface area contributed by atoms with Crippen LogP contribution in [-0.4, -0.2) is 16.0 Å². The molecule has 0 unspecified atom stereocenters. The molecule has 1 amide bonds. The molecule has 1 heterocycles. The highest BCUT2D eigenvalue weighted by atomic mass is 19.1. The molecule has 0 spiro atoms. The van der Waals surface area contributed by atoms with E-state index in [1.807, 2.05) is 43.3 Å². The summed E-state index contributed by atoms with van der Waals surface area (Å²) in [6.45, 7) is 3.59. The summed E-state index contributed by atoms with van der Waals surface area (Å²) < 4.78 is 18.6. The average molecular weight is 367 g/mol. The smallest absolute Gasteiger partial charge is 0.229 e. The Labute approximate surface area is 157 Å². The first kappa shape index (κ1) is 18.8. The van der Waals surface area contributed by atoms with E-state index < -0.39 is 0 Å². The Hall–Kier alpha value is -3.02. The van der Waals surface area contributed by atoms with Crippen LogP contribution in [0.15, 0.2) is 59.1 Å². The molecule has 5 nitrogen and oxygen atoms in total. The Kier molecular flexibility index (Phi) is 5.96. The molecular weight excluding hydrogens is 345 g/mol. The number of hydrogen-bond acceptors (Lipinski definition) is 4. The predicted octanol–water partition coefficient (Wildman–Crippen LogP) is 3.80. The third kappa shape index (κ3) is 5.23. The van der Waals surface area contributed by atoms with Gasteiger partial charge in [-0.2, -0.15) is 4.98 Å². The highest BCUT2D eigenvalue weighted by molar-refractivity contribution is 5.79. The van der Waals surface area contributed by atoms with E-state index in [0.717, 1.165) is 11.1 Å². The molecule has 27 heavy (non-hydrogen) atoms. The van der Waals surface area contributed by atoms with E-state index in [4.69, 9.17) is 4.52 Å². The second kappa shape index (κ2) is 8.58. The van der Waals surface area contributed by atoms with Gasteiger partial charge in [0.15, 0.2) is 5.82 Å². The summed E-state index contributed by atoms with van der Waals surface area (Å²) in [6, 6.07) is 15.7. The first-order valence-corrected chi connectivity index (χ1v) is 8.90. The number of aromatic nitrogens is 2. The maximum Gasteiger partial charge on any atom is 0.229 e. The summed E-state index contributed by atoms with van der Waals surface area (Å²) in [4.78, 5) is 17.0. The van der Waals surface area contributed by atoms with Crippen molar-refractivity contribution in [2.75, 3.05) is 0 Å². The number of benzene rings is 2. The van der Waals surface area contributed by atoms with Crippen molar-refractivity contribution in [1.29, 1.82) is 0 Å². The summed E-state index contributed by atoms with van der Waals surface area (Å²) in [6.07, 6.45) is 0.869. The molecule has 0 aliphatic heterocycles. The van der Waals surface area contributed by atoms with Gasteiger partial charge in [0.05, 0.1) is 12.5 Å². The average Bonchev–Trinajstić information content (AvgIpc) is 3.06. The molecule has 0 fully saturated rings. The molecular formula is C21H22FN3O2. The highest BCUT2D eigenvalue weighted by Crippen LogP contribution is 2.19. The van der Waals surface area contributed by atoms with Gasteiger partial charge in [0, 0.05) is 5.92 Å². The normalized spacial score (nSPS) is 13.1. The zero-order chi connectivity index (χ0) is 19.2. The van der Waals surface area contributed by atoms with Crippen molar-refractivity contribution >= 4 is 5.91 Å². The molecule has 3 aromatic rings. The van der Waals surface area contributed by atoms with Crippen molar-refractivity contribution in [2.45, 2.75) is 32.7 Å². The van der Waals surface area contributed by atoms with Crippen molar-refractivity contribution in [3.05, 3.63) is 83.3 Å². The molecule has 0 bridgehead atoms. The van der Waals surface area contributed by atoms with Crippen LogP contribution in [0.1, 0.15) is 35.8 Å². The van der Waals surface area contributed by atoms with Crippen molar-refractivity contribution < 1.29 is 13.7 Å². The van der Waals surface area contributed by atoms with Crippen molar-refractivity contribution in [3.63, 3.8) is 0 Å². The maximum atomic E-state index is 13.4. The molecule has 0 aliphatic rings. The first-order chi connectivity index (χ1) is 13.0. The lowest BCUT2D eigenvalue weighted by Gasteiger charge is -2.20. The molecule has 0 aliphatic carbocycles. The van der Waals surface area contributed by atoms with Crippen LogP contribution in [0.4, 0.5) is 4.39 Å². The van der Waals surface area contributed by atoms with Gasteiger partial charge in [-0.1, -0.05) is 54.5 Å². The second-order valence-electron chi connectivity index (χ2n) is 6.65. The molecule has 2 atom stereocenters. The number of halogens is 1. The Morgan fingerprint density at radius 3 is 2.59 bits per heavy atom. The zero-order valence-corrected chi connectivity index (χ0v) is 15.4.